The van der Waals surface area contributed by atoms with Gasteiger partial charge in [-0.3, -0.25) is 4.79 Å². The lowest BCUT2D eigenvalue weighted by Gasteiger charge is -2.37. The van der Waals surface area contributed by atoms with Crippen molar-refractivity contribution < 1.29 is 19.0 Å². The van der Waals surface area contributed by atoms with Gasteiger partial charge in [-0.1, -0.05) is 56.0 Å². The molecule has 180 valence electrons. The fraction of sp³-hybridized carbons (Fsp3) is 0.536. The van der Waals surface area contributed by atoms with Crippen molar-refractivity contribution in [1.82, 2.24) is 5.32 Å². The average Bonchev–Trinajstić information content (AvgIpc) is 2.84. The van der Waals surface area contributed by atoms with E-state index in [9.17, 15) is 4.79 Å². The molecule has 5 heteroatoms. The number of ether oxygens (including phenoxy) is 3. The van der Waals surface area contributed by atoms with Gasteiger partial charge >= 0.3 is 0 Å². The maximum atomic E-state index is 12.9. The quantitative estimate of drug-likeness (QED) is 0.478. The van der Waals surface area contributed by atoms with E-state index in [1.54, 1.807) is 21.3 Å². The molecule has 1 saturated carbocycles. The molecule has 33 heavy (non-hydrogen) atoms. The maximum absolute atomic E-state index is 12.9. The van der Waals surface area contributed by atoms with Gasteiger partial charge in [-0.2, -0.15) is 0 Å². The Morgan fingerprint density at radius 3 is 2.06 bits per heavy atom. The summed E-state index contributed by atoms with van der Waals surface area (Å²) >= 11 is 0. The van der Waals surface area contributed by atoms with Crippen molar-refractivity contribution in [3.8, 4) is 17.2 Å². The fourth-order valence-corrected chi connectivity index (χ4v) is 5.11. The molecule has 0 spiro atoms. The molecule has 5 nitrogen and oxygen atoms in total. The highest BCUT2D eigenvalue weighted by molar-refractivity contribution is 5.76. The zero-order chi connectivity index (χ0) is 23.8. The van der Waals surface area contributed by atoms with E-state index in [2.05, 4.69) is 36.5 Å². The van der Waals surface area contributed by atoms with Gasteiger partial charge in [0.2, 0.25) is 11.7 Å². The van der Waals surface area contributed by atoms with Crippen LogP contribution in [0.2, 0.25) is 0 Å². The molecule has 1 amide bonds. The van der Waals surface area contributed by atoms with Gasteiger partial charge in [-0.15, -0.1) is 0 Å². The van der Waals surface area contributed by atoms with E-state index in [1.165, 1.54) is 30.4 Å². The van der Waals surface area contributed by atoms with Crippen molar-refractivity contribution in [2.45, 2.75) is 70.8 Å². The van der Waals surface area contributed by atoms with E-state index in [-0.39, 0.29) is 17.9 Å². The number of nitrogens with one attached hydrogen (secondary N) is 1. The topological polar surface area (TPSA) is 56.8 Å². The van der Waals surface area contributed by atoms with Crippen LogP contribution in [0.3, 0.4) is 0 Å². The number of rotatable bonds is 10. The first kappa shape index (κ1) is 24.9. The molecule has 1 aliphatic carbocycles. The van der Waals surface area contributed by atoms with Crippen LogP contribution in [0.5, 0.6) is 17.2 Å². The second-order valence-corrected chi connectivity index (χ2v) is 9.09. The highest BCUT2D eigenvalue weighted by atomic mass is 16.5. The predicted molar refractivity (Wildman–Crippen MR) is 133 cm³/mol. The summed E-state index contributed by atoms with van der Waals surface area (Å²) in [5, 5.41) is 3.45. The third-order valence-electron chi connectivity index (χ3n) is 6.80. The lowest BCUT2D eigenvalue weighted by Crippen LogP contribution is -2.45. The Morgan fingerprint density at radius 1 is 0.939 bits per heavy atom. The molecule has 2 atom stereocenters. The largest absolute Gasteiger partial charge is 0.493 e. The van der Waals surface area contributed by atoms with Crippen LogP contribution in [0.15, 0.2) is 36.4 Å². The highest BCUT2D eigenvalue weighted by Gasteiger charge is 2.35. The monoisotopic (exact) mass is 453 g/mol. The Kier molecular flexibility index (Phi) is 9.04. The Balaban J connectivity index is 2.16. The average molecular weight is 454 g/mol. The van der Waals surface area contributed by atoms with Gasteiger partial charge in [0.1, 0.15) is 0 Å². The SMILES string of the molecule is CCCC(=O)N[C@H](C1CCCCC1)[C@H](c1ccc(C)cc1)c1cc(OC)c(OC)c(OC)c1. The van der Waals surface area contributed by atoms with Crippen LogP contribution in [-0.4, -0.2) is 33.3 Å². The van der Waals surface area contributed by atoms with Crippen molar-refractivity contribution in [2.24, 2.45) is 5.92 Å². The summed E-state index contributed by atoms with van der Waals surface area (Å²) in [6.07, 6.45) is 7.32. The highest BCUT2D eigenvalue weighted by Crippen LogP contribution is 2.44. The van der Waals surface area contributed by atoms with E-state index >= 15 is 0 Å². The van der Waals surface area contributed by atoms with Crippen LogP contribution >= 0.6 is 0 Å². The fourth-order valence-electron chi connectivity index (χ4n) is 5.11. The number of hydrogen-bond acceptors (Lipinski definition) is 4. The first-order valence-corrected chi connectivity index (χ1v) is 12.2. The van der Waals surface area contributed by atoms with Gasteiger partial charge in [0.25, 0.3) is 0 Å². The third-order valence-corrected chi connectivity index (χ3v) is 6.80. The molecule has 0 unspecified atom stereocenters. The van der Waals surface area contributed by atoms with Gasteiger partial charge in [-0.25, -0.2) is 0 Å². The Bertz CT molecular complexity index is 878. The molecule has 1 N–H and O–H groups in total. The van der Waals surface area contributed by atoms with Crippen molar-refractivity contribution in [2.75, 3.05) is 21.3 Å². The zero-order valence-electron chi connectivity index (χ0n) is 20.8. The first-order valence-electron chi connectivity index (χ1n) is 12.2. The number of benzene rings is 2. The van der Waals surface area contributed by atoms with Gasteiger partial charge in [0.05, 0.1) is 21.3 Å². The normalized spacial score (nSPS) is 16.0. The summed E-state index contributed by atoms with van der Waals surface area (Å²) in [4.78, 5) is 12.9. The van der Waals surface area contributed by atoms with Crippen LogP contribution < -0.4 is 19.5 Å². The Hall–Kier alpha value is -2.69. The van der Waals surface area contributed by atoms with E-state index in [0.717, 1.165) is 24.8 Å². The summed E-state index contributed by atoms with van der Waals surface area (Å²) < 4.78 is 16.9. The van der Waals surface area contributed by atoms with Crippen LogP contribution in [0.1, 0.15) is 74.5 Å². The van der Waals surface area contributed by atoms with Crippen molar-refractivity contribution >= 4 is 5.91 Å². The van der Waals surface area contributed by atoms with E-state index in [4.69, 9.17) is 14.2 Å². The van der Waals surface area contributed by atoms with Gasteiger partial charge in [0, 0.05) is 18.4 Å². The van der Waals surface area contributed by atoms with Crippen molar-refractivity contribution in [3.05, 3.63) is 53.1 Å². The molecule has 2 aromatic rings. The second-order valence-electron chi connectivity index (χ2n) is 9.09. The number of hydrogen-bond donors (Lipinski definition) is 1. The van der Waals surface area contributed by atoms with E-state index in [0.29, 0.717) is 29.6 Å². The molecule has 0 radical (unpaired) electrons. The van der Waals surface area contributed by atoms with E-state index in [1.807, 2.05) is 19.1 Å². The molecule has 0 heterocycles. The van der Waals surface area contributed by atoms with Crippen molar-refractivity contribution in [3.63, 3.8) is 0 Å². The van der Waals surface area contributed by atoms with E-state index < -0.39 is 0 Å². The molecular weight excluding hydrogens is 414 g/mol. The summed E-state index contributed by atoms with van der Waals surface area (Å²) in [5.41, 5.74) is 3.45. The molecule has 0 aliphatic heterocycles. The number of carbonyl (C=O) groups is 1. The summed E-state index contributed by atoms with van der Waals surface area (Å²) in [5.74, 6) is 2.36. The Labute approximate surface area is 198 Å². The zero-order valence-corrected chi connectivity index (χ0v) is 20.8. The molecule has 3 rings (SSSR count). The molecule has 0 saturated heterocycles. The van der Waals surface area contributed by atoms with Gasteiger partial charge in [0.15, 0.2) is 11.5 Å². The number of methoxy groups -OCH3 is 3. The summed E-state index contributed by atoms with van der Waals surface area (Å²) in [6, 6.07) is 12.7. The molecular formula is C28H39NO4. The van der Waals surface area contributed by atoms with Crippen LogP contribution in [0.4, 0.5) is 0 Å². The molecule has 0 aromatic heterocycles. The minimum Gasteiger partial charge on any atom is -0.493 e. The van der Waals surface area contributed by atoms with Crippen LogP contribution in [-0.2, 0) is 4.79 Å². The predicted octanol–water partition coefficient (Wildman–Crippen LogP) is 6.02. The standard InChI is InChI=1S/C28H39NO4/c1-6-10-25(30)29-27(21-11-8-7-9-12-21)26(20-15-13-19(2)14-16-20)22-17-23(31-3)28(33-5)24(18-22)32-4/h13-18,21,26-27H,6-12H2,1-5H3,(H,29,30)/t26-,27-/m1/s1. The minimum absolute atomic E-state index is 0.00476. The summed E-state index contributed by atoms with van der Waals surface area (Å²) in [7, 11) is 4.90. The van der Waals surface area contributed by atoms with Crippen LogP contribution in [0, 0.1) is 12.8 Å². The molecule has 1 aliphatic rings. The first-order chi connectivity index (χ1) is 16.0. The molecule has 1 fully saturated rings. The smallest absolute Gasteiger partial charge is 0.220 e. The lowest BCUT2D eigenvalue weighted by molar-refractivity contribution is -0.122. The second kappa shape index (κ2) is 12.0. The van der Waals surface area contributed by atoms with Crippen molar-refractivity contribution in [1.29, 1.82) is 0 Å². The third kappa shape index (κ3) is 6.01. The lowest BCUT2D eigenvalue weighted by atomic mass is 9.73. The number of amides is 1. The maximum Gasteiger partial charge on any atom is 0.220 e. The number of carbonyl (C=O) groups excluding carboxylic acids is 1. The molecule has 0 bridgehead atoms. The van der Waals surface area contributed by atoms with Crippen LogP contribution in [0.25, 0.3) is 0 Å². The minimum atomic E-state index is -0.0248. The van der Waals surface area contributed by atoms with Gasteiger partial charge in [-0.05, 0) is 55.4 Å². The summed E-state index contributed by atoms with van der Waals surface area (Å²) in [6.45, 7) is 4.14. The molecule has 2 aromatic carbocycles. The Morgan fingerprint density at radius 2 is 1.55 bits per heavy atom. The number of aryl methyl sites for hydroxylation is 1. The van der Waals surface area contributed by atoms with Gasteiger partial charge < -0.3 is 19.5 Å².